The quantitative estimate of drug-likeness (QED) is 0.191. The Morgan fingerprint density at radius 1 is 0.758 bits per heavy atom. The molecule has 184 valence electrons. The summed E-state index contributed by atoms with van der Waals surface area (Å²) in [5, 5.41) is 87.5. The van der Waals surface area contributed by atoms with Crippen LogP contribution in [0.2, 0.25) is 0 Å². The van der Waals surface area contributed by atoms with Crippen LogP contribution in [0.1, 0.15) is 11.7 Å². The van der Waals surface area contributed by atoms with Crippen molar-refractivity contribution in [3.63, 3.8) is 0 Å². The molecule has 2 heterocycles. The summed E-state index contributed by atoms with van der Waals surface area (Å²) in [6, 6.07) is 7.52. The molecule has 13 nitrogen and oxygen atoms in total. The number of aliphatic hydroxyl groups is 8. The van der Waals surface area contributed by atoms with Gasteiger partial charge in [0.05, 0.1) is 19.3 Å². The van der Waals surface area contributed by atoms with E-state index in [4.69, 9.17) is 18.9 Å². The fraction of sp³-hybridized carbons (Fsp3) is 0.650. The first kappa shape index (κ1) is 25.7. The van der Waals surface area contributed by atoms with Crippen LogP contribution in [0.15, 0.2) is 24.3 Å². The van der Waals surface area contributed by atoms with Crippen molar-refractivity contribution in [1.82, 2.24) is 0 Å². The molecule has 13 heteroatoms. The van der Waals surface area contributed by atoms with Gasteiger partial charge < -0.3 is 59.8 Å². The van der Waals surface area contributed by atoms with Gasteiger partial charge in [-0.25, -0.2) is 0 Å². The van der Waals surface area contributed by atoms with Crippen molar-refractivity contribution in [1.29, 1.82) is 5.26 Å². The van der Waals surface area contributed by atoms with E-state index in [2.05, 4.69) is 0 Å². The minimum absolute atomic E-state index is 0.160. The molecule has 2 aliphatic rings. The van der Waals surface area contributed by atoms with Crippen molar-refractivity contribution >= 4 is 0 Å². The van der Waals surface area contributed by atoms with E-state index in [1.54, 1.807) is 0 Å². The molecule has 0 amide bonds. The molecule has 0 saturated carbocycles. The topological polar surface area (TPSA) is 223 Å². The predicted molar refractivity (Wildman–Crippen MR) is 104 cm³/mol. The normalized spacial score (nSPS) is 40.1. The summed E-state index contributed by atoms with van der Waals surface area (Å²) in [6.45, 7) is -1.26. The van der Waals surface area contributed by atoms with Crippen LogP contribution in [0.5, 0.6) is 5.75 Å². The maximum absolute atomic E-state index is 10.1. The minimum Gasteiger partial charge on any atom is -0.462 e. The summed E-state index contributed by atoms with van der Waals surface area (Å²) < 4.78 is 21.4. The maximum atomic E-state index is 10.1. The van der Waals surface area contributed by atoms with Gasteiger partial charge in [0.2, 0.25) is 6.29 Å². The average Bonchev–Trinajstić information content (AvgIpc) is 2.83. The second-order valence-electron chi connectivity index (χ2n) is 7.73. The van der Waals surface area contributed by atoms with Crippen molar-refractivity contribution in [3.8, 4) is 11.8 Å². The van der Waals surface area contributed by atoms with E-state index >= 15 is 0 Å². The molecule has 0 bridgehead atoms. The van der Waals surface area contributed by atoms with Gasteiger partial charge in [-0.2, -0.15) is 5.26 Å². The second kappa shape index (κ2) is 11.0. The van der Waals surface area contributed by atoms with Crippen LogP contribution in [0.4, 0.5) is 0 Å². The second-order valence-corrected chi connectivity index (χ2v) is 7.73. The van der Waals surface area contributed by atoms with E-state index in [-0.39, 0.29) is 5.75 Å². The van der Waals surface area contributed by atoms with Crippen LogP contribution in [0, 0.1) is 11.3 Å². The molecule has 11 atom stereocenters. The van der Waals surface area contributed by atoms with Crippen LogP contribution < -0.4 is 4.74 Å². The summed E-state index contributed by atoms with van der Waals surface area (Å²) in [4.78, 5) is 0. The van der Waals surface area contributed by atoms with Crippen molar-refractivity contribution in [2.45, 2.75) is 67.5 Å². The summed E-state index contributed by atoms with van der Waals surface area (Å²) in [7, 11) is 0. The zero-order valence-corrected chi connectivity index (χ0v) is 17.2. The fourth-order valence-electron chi connectivity index (χ4n) is 3.52. The molecular weight excluding hydrogens is 446 g/mol. The highest BCUT2D eigenvalue weighted by Crippen LogP contribution is 2.29. The number of benzene rings is 1. The van der Waals surface area contributed by atoms with Gasteiger partial charge in [-0.3, -0.25) is 0 Å². The van der Waals surface area contributed by atoms with E-state index in [9.17, 15) is 46.1 Å². The Morgan fingerprint density at radius 3 is 1.73 bits per heavy atom. The largest absolute Gasteiger partial charge is 0.462 e. The fourth-order valence-corrected chi connectivity index (χ4v) is 3.52. The van der Waals surface area contributed by atoms with Crippen molar-refractivity contribution in [2.24, 2.45) is 0 Å². The van der Waals surface area contributed by atoms with E-state index in [0.29, 0.717) is 5.56 Å². The first-order chi connectivity index (χ1) is 15.7. The predicted octanol–water partition coefficient (Wildman–Crippen LogP) is -3.75. The Balaban J connectivity index is 1.66. The number of rotatable bonds is 7. The van der Waals surface area contributed by atoms with Gasteiger partial charge in [-0.15, -0.1) is 0 Å². The molecule has 2 aliphatic heterocycles. The van der Waals surface area contributed by atoms with Gasteiger partial charge in [0, 0.05) is 0 Å². The van der Waals surface area contributed by atoms with Crippen LogP contribution >= 0.6 is 0 Å². The zero-order chi connectivity index (χ0) is 24.3. The Kier molecular flexibility index (Phi) is 8.56. The Hall–Kier alpha value is -1.93. The van der Waals surface area contributed by atoms with Gasteiger partial charge in [-0.1, -0.05) is 12.1 Å². The third-order valence-corrected chi connectivity index (χ3v) is 5.52. The van der Waals surface area contributed by atoms with Crippen LogP contribution in [-0.2, 0) is 14.2 Å². The molecule has 1 aromatic rings. The SMILES string of the molecule is N#C[C@@H](O[C@H]1O[C@H](CO)[C@H](O)[C@H](O)[C@H]1O)c1ccc(O[C@@H]2O[C@H](CO)[C@H](O)[C@H](O)[C@H]2O)cc1. The summed E-state index contributed by atoms with van der Waals surface area (Å²) in [5.41, 5.74) is 0.301. The highest BCUT2D eigenvalue weighted by atomic mass is 16.7. The van der Waals surface area contributed by atoms with E-state index < -0.39 is 80.7 Å². The molecule has 2 fully saturated rings. The standard InChI is InChI=1S/C20H27NO12/c21-5-10(31-20-18(29)16(27)14(25)12(7-23)33-20)8-1-3-9(4-2-8)30-19-17(28)15(26)13(24)11(6-22)32-19/h1-4,10-20,22-29H,6-7H2/t10-,11-,12-,13+,14+,15+,16+,17-,18-,19-,20+/m1/s1. The third-order valence-electron chi connectivity index (χ3n) is 5.52. The Bertz CT molecular complexity index is 799. The molecule has 0 radical (unpaired) electrons. The summed E-state index contributed by atoms with van der Waals surface area (Å²) >= 11 is 0. The molecule has 33 heavy (non-hydrogen) atoms. The molecular formula is C20H27NO12. The van der Waals surface area contributed by atoms with Gasteiger partial charge in [0.1, 0.15) is 54.6 Å². The van der Waals surface area contributed by atoms with Gasteiger partial charge in [-0.05, 0) is 17.7 Å². The summed E-state index contributed by atoms with van der Waals surface area (Å²) in [6.07, 6.45) is -16.1. The lowest BCUT2D eigenvalue weighted by Crippen LogP contribution is -2.60. The molecule has 3 rings (SSSR count). The molecule has 8 N–H and O–H groups in total. The number of nitriles is 1. The van der Waals surface area contributed by atoms with Crippen molar-refractivity contribution in [3.05, 3.63) is 29.8 Å². The molecule has 0 aromatic heterocycles. The van der Waals surface area contributed by atoms with Crippen LogP contribution in [0.3, 0.4) is 0 Å². The van der Waals surface area contributed by atoms with E-state index in [1.807, 2.05) is 6.07 Å². The lowest BCUT2D eigenvalue weighted by molar-refractivity contribution is -0.307. The number of aliphatic hydroxyl groups excluding tert-OH is 8. The molecule has 1 aromatic carbocycles. The molecule has 0 unspecified atom stereocenters. The number of ether oxygens (including phenoxy) is 4. The Labute approximate surface area is 188 Å². The monoisotopic (exact) mass is 473 g/mol. The smallest absolute Gasteiger partial charge is 0.229 e. The number of hydrogen-bond donors (Lipinski definition) is 8. The van der Waals surface area contributed by atoms with Crippen molar-refractivity contribution in [2.75, 3.05) is 13.2 Å². The Morgan fingerprint density at radius 2 is 1.24 bits per heavy atom. The lowest BCUT2D eigenvalue weighted by atomic mass is 9.99. The summed E-state index contributed by atoms with van der Waals surface area (Å²) in [5.74, 6) is 0.160. The molecule has 0 spiro atoms. The average molecular weight is 473 g/mol. The van der Waals surface area contributed by atoms with Gasteiger partial charge >= 0.3 is 0 Å². The zero-order valence-electron chi connectivity index (χ0n) is 17.2. The lowest BCUT2D eigenvalue weighted by Gasteiger charge is -2.40. The van der Waals surface area contributed by atoms with E-state index in [1.165, 1.54) is 24.3 Å². The minimum atomic E-state index is -1.67. The van der Waals surface area contributed by atoms with Crippen LogP contribution in [-0.4, -0.2) is 115 Å². The third kappa shape index (κ3) is 5.43. The van der Waals surface area contributed by atoms with E-state index in [0.717, 1.165) is 0 Å². The van der Waals surface area contributed by atoms with Crippen molar-refractivity contribution < 1.29 is 59.8 Å². The first-order valence-corrected chi connectivity index (χ1v) is 10.1. The maximum Gasteiger partial charge on any atom is 0.229 e. The molecule has 2 saturated heterocycles. The number of nitrogens with zero attached hydrogens (tertiary/aromatic N) is 1. The molecule has 0 aliphatic carbocycles. The van der Waals surface area contributed by atoms with Gasteiger partial charge in [0.25, 0.3) is 0 Å². The highest BCUT2D eigenvalue weighted by molar-refractivity contribution is 5.31. The first-order valence-electron chi connectivity index (χ1n) is 10.1. The number of hydrogen-bond acceptors (Lipinski definition) is 13. The van der Waals surface area contributed by atoms with Crippen LogP contribution in [0.25, 0.3) is 0 Å². The van der Waals surface area contributed by atoms with Gasteiger partial charge in [0.15, 0.2) is 12.4 Å². The highest BCUT2D eigenvalue weighted by Gasteiger charge is 2.46.